The number of rotatable bonds is 5. The topological polar surface area (TPSA) is 37.3 Å². The van der Waals surface area contributed by atoms with Gasteiger partial charge in [-0.25, -0.2) is 0 Å². The Hall–Kier alpha value is -0.890. The van der Waals surface area contributed by atoms with Gasteiger partial charge in [0.25, 0.3) is 0 Å². The van der Waals surface area contributed by atoms with E-state index in [1.165, 1.54) is 18.4 Å². The Morgan fingerprint density at radius 1 is 1.22 bits per heavy atom. The molecular formula is C16H26O2. The zero-order valence-corrected chi connectivity index (χ0v) is 12.3. The van der Waals surface area contributed by atoms with E-state index >= 15 is 0 Å². The minimum absolute atomic E-state index is 0.147. The van der Waals surface area contributed by atoms with E-state index < -0.39 is 5.60 Å². The Morgan fingerprint density at radius 2 is 1.83 bits per heavy atom. The number of Topliss-reactive ketones (excluding diaryl/α,β-unsaturated/α-hetero) is 1. The Morgan fingerprint density at radius 3 is 2.22 bits per heavy atom. The summed E-state index contributed by atoms with van der Waals surface area (Å²) in [6, 6.07) is 0. The maximum atomic E-state index is 12.0. The van der Waals surface area contributed by atoms with Crippen molar-refractivity contribution in [3.8, 4) is 0 Å². The van der Waals surface area contributed by atoms with E-state index in [0.29, 0.717) is 0 Å². The third-order valence-electron chi connectivity index (χ3n) is 3.74. The highest BCUT2D eigenvalue weighted by molar-refractivity contribution is 6.01. The lowest BCUT2D eigenvalue weighted by Crippen LogP contribution is -2.33. The molecule has 0 aromatic rings. The first-order valence-electron chi connectivity index (χ1n) is 6.86. The van der Waals surface area contributed by atoms with Gasteiger partial charge >= 0.3 is 0 Å². The fraction of sp³-hybridized carbons (Fsp3) is 0.688. The normalized spacial score (nSPS) is 17.2. The summed E-state index contributed by atoms with van der Waals surface area (Å²) in [6.07, 6.45) is 8.00. The van der Waals surface area contributed by atoms with E-state index in [2.05, 4.69) is 26.8 Å². The molecule has 0 spiro atoms. The van der Waals surface area contributed by atoms with Crippen molar-refractivity contribution in [2.24, 2.45) is 5.41 Å². The molecule has 1 aliphatic rings. The van der Waals surface area contributed by atoms with Crippen LogP contribution in [0, 0.1) is 5.41 Å². The van der Waals surface area contributed by atoms with Crippen LogP contribution in [0.4, 0.5) is 0 Å². The van der Waals surface area contributed by atoms with Gasteiger partial charge in [-0.05, 0) is 44.1 Å². The first kappa shape index (κ1) is 15.2. The number of aliphatic hydroxyl groups is 1. The molecule has 1 aliphatic carbocycles. The Kier molecular flexibility index (Phi) is 4.55. The van der Waals surface area contributed by atoms with Gasteiger partial charge in [0.1, 0.15) is 5.60 Å². The summed E-state index contributed by atoms with van der Waals surface area (Å²) in [4.78, 5) is 12.0. The van der Waals surface area contributed by atoms with E-state index in [1.54, 1.807) is 13.8 Å². The van der Waals surface area contributed by atoms with Crippen LogP contribution in [0.3, 0.4) is 0 Å². The Labute approximate surface area is 111 Å². The van der Waals surface area contributed by atoms with Gasteiger partial charge < -0.3 is 5.11 Å². The number of carbonyl (C=O) groups is 1. The summed E-state index contributed by atoms with van der Waals surface area (Å²) in [7, 11) is 0. The third-order valence-corrected chi connectivity index (χ3v) is 3.74. The highest BCUT2D eigenvalue weighted by Crippen LogP contribution is 2.37. The molecule has 0 radical (unpaired) electrons. The number of ketones is 1. The largest absolute Gasteiger partial charge is 0.382 e. The van der Waals surface area contributed by atoms with Crippen LogP contribution >= 0.6 is 0 Å². The fourth-order valence-electron chi connectivity index (χ4n) is 2.57. The van der Waals surface area contributed by atoms with E-state index in [-0.39, 0.29) is 11.2 Å². The number of carbonyl (C=O) groups excluding carboxylic acids is 1. The SMILES string of the molecule is CCCC(C)(C)C1=CC=C(C(=O)C(C)(C)O)CC1. The van der Waals surface area contributed by atoms with Crippen molar-refractivity contribution in [3.05, 3.63) is 23.3 Å². The second kappa shape index (κ2) is 5.40. The van der Waals surface area contributed by atoms with Crippen molar-refractivity contribution < 1.29 is 9.90 Å². The monoisotopic (exact) mass is 250 g/mol. The van der Waals surface area contributed by atoms with E-state index in [4.69, 9.17) is 0 Å². The van der Waals surface area contributed by atoms with Gasteiger partial charge in [0.05, 0.1) is 0 Å². The third kappa shape index (κ3) is 3.55. The minimum atomic E-state index is -1.25. The molecule has 2 nitrogen and oxygen atoms in total. The smallest absolute Gasteiger partial charge is 0.189 e. The molecule has 0 atom stereocenters. The first-order chi connectivity index (χ1) is 8.18. The van der Waals surface area contributed by atoms with Crippen LogP contribution in [0.1, 0.15) is 60.3 Å². The van der Waals surface area contributed by atoms with E-state index in [9.17, 15) is 9.90 Å². The zero-order valence-electron chi connectivity index (χ0n) is 12.3. The summed E-state index contributed by atoms with van der Waals surface area (Å²) in [6.45, 7) is 9.83. The van der Waals surface area contributed by atoms with Gasteiger partial charge in [-0.2, -0.15) is 0 Å². The lowest BCUT2D eigenvalue weighted by Gasteiger charge is -2.30. The van der Waals surface area contributed by atoms with Crippen LogP contribution in [0.2, 0.25) is 0 Å². The second-order valence-electron chi connectivity index (χ2n) is 6.41. The lowest BCUT2D eigenvalue weighted by molar-refractivity contribution is -0.130. The molecular weight excluding hydrogens is 224 g/mol. The van der Waals surface area contributed by atoms with Gasteiger partial charge in [0.2, 0.25) is 0 Å². The maximum Gasteiger partial charge on any atom is 0.189 e. The quantitative estimate of drug-likeness (QED) is 0.806. The predicted octanol–water partition coefficient (Wildman–Crippen LogP) is 3.80. The fourth-order valence-corrected chi connectivity index (χ4v) is 2.57. The van der Waals surface area contributed by atoms with Crippen molar-refractivity contribution in [1.82, 2.24) is 0 Å². The molecule has 18 heavy (non-hydrogen) atoms. The molecule has 1 rings (SSSR count). The van der Waals surface area contributed by atoms with Gasteiger partial charge in [0, 0.05) is 0 Å². The molecule has 0 unspecified atom stereocenters. The summed E-state index contributed by atoms with van der Waals surface area (Å²) in [5.41, 5.74) is 1.13. The molecule has 2 heteroatoms. The van der Waals surface area contributed by atoms with Crippen LogP contribution in [0.25, 0.3) is 0 Å². The molecule has 0 saturated heterocycles. The maximum absolute atomic E-state index is 12.0. The van der Waals surface area contributed by atoms with Crippen LogP contribution < -0.4 is 0 Å². The van der Waals surface area contributed by atoms with Crippen molar-refractivity contribution in [2.75, 3.05) is 0 Å². The standard InChI is InChI=1S/C16H26O2/c1-6-11-15(2,3)13-9-7-12(8-10-13)14(17)16(4,5)18/h7,9,18H,6,8,10-11H2,1-5H3. The van der Waals surface area contributed by atoms with Crippen molar-refractivity contribution >= 4 is 5.78 Å². The predicted molar refractivity (Wildman–Crippen MR) is 75.4 cm³/mol. The lowest BCUT2D eigenvalue weighted by atomic mass is 9.75. The summed E-state index contributed by atoms with van der Waals surface area (Å²) in [5, 5.41) is 9.74. The van der Waals surface area contributed by atoms with E-state index in [1.807, 2.05) is 6.08 Å². The Balaban J connectivity index is 2.86. The molecule has 0 aliphatic heterocycles. The molecule has 0 heterocycles. The molecule has 102 valence electrons. The van der Waals surface area contributed by atoms with Gasteiger partial charge in [-0.3, -0.25) is 4.79 Å². The average Bonchev–Trinajstić information content (AvgIpc) is 2.27. The molecule has 0 bridgehead atoms. The molecule has 0 saturated carbocycles. The molecule has 0 fully saturated rings. The van der Waals surface area contributed by atoms with Crippen molar-refractivity contribution in [2.45, 2.75) is 65.9 Å². The highest BCUT2D eigenvalue weighted by Gasteiger charge is 2.30. The van der Waals surface area contributed by atoms with Crippen LogP contribution in [0.15, 0.2) is 23.3 Å². The summed E-state index contributed by atoms with van der Waals surface area (Å²) in [5.74, 6) is -0.147. The average molecular weight is 250 g/mol. The van der Waals surface area contributed by atoms with Crippen molar-refractivity contribution in [3.63, 3.8) is 0 Å². The van der Waals surface area contributed by atoms with Gasteiger partial charge in [-0.1, -0.05) is 44.9 Å². The van der Waals surface area contributed by atoms with Crippen molar-refractivity contribution in [1.29, 1.82) is 0 Å². The number of hydrogen-bond acceptors (Lipinski definition) is 2. The second-order valence-corrected chi connectivity index (χ2v) is 6.41. The summed E-state index contributed by atoms with van der Waals surface area (Å²) < 4.78 is 0. The molecule has 0 aromatic carbocycles. The zero-order chi connectivity index (χ0) is 14.0. The van der Waals surface area contributed by atoms with Crippen LogP contribution in [0.5, 0.6) is 0 Å². The van der Waals surface area contributed by atoms with Gasteiger partial charge in [0.15, 0.2) is 5.78 Å². The highest BCUT2D eigenvalue weighted by atomic mass is 16.3. The minimum Gasteiger partial charge on any atom is -0.382 e. The van der Waals surface area contributed by atoms with Crippen LogP contribution in [-0.4, -0.2) is 16.5 Å². The number of hydrogen-bond donors (Lipinski definition) is 1. The number of allylic oxidation sites excluding steroid dienone is 3. The van der Waals surface area contributed by atoms with Gasteiger partial charge in [-0.15, -0.1) is 0 Å². The molecule has 1 N–H and O–H groups in total. The van der Waals surface area contributed by atoms with E-state index in [0.717, 1.165) is 18.4 Å². The molecule has 0 amide bonds. The molecule has 0 aromatic heterocycles. The summed E-state index contributed by atoms with van der Waals surface area (Å²) >= 11 is 0. The van der Waals surface area contributed by atoms with Crippen LogP contribution in [-0.2, 0) is 4.79 Å². The Bertz CT molecular complexity index is 378. The first-order valence-corrected chi connectivity index (χ1v) is 6.86.